The number of halogens is 3. The molecule has 0 saturated heterocycles. The summed E-state index contributed by atoms with van der Waals surface area (Å²) in [6.45, 7) is 0.311. The minimum absolute atomic E-state index is 0.0134. The number of carboxylic acid groups (broad SMARTS) is 1. The quantitative estimate of drug-likeness (QED) is 0.278. The second-order valence-electron chi connectivity index (χ2n) is 10.2. The van der Waals surface area contributed by atoms with E-state index >= 15 is 0 Å². The van der Waals surface area contributed by atoms with Crippen LogP contribution in [0.4, 0.5) is 4.79 Å². The van der Waals surface area contributed by atoms with E-state index in [1.807, 2.05) is 30.3 Å². The van der Waals surface area contributed by atoms with E-state index in [0.717, 1.165) is 29.5 Å². The van der Waals surface area contributed by atoms with Gasteiger partial charge in [0, 0.05) is 23.7 Å². The van der Waals surface area contributed by atoms with Gasteiger partial charge in [-0.15, -0.1) is 0 Å². The van der Waals surface area contributed by atoms with Gasteiger partial charge in [0.1, 0.15) is 6.04 Å². The van der Waals surface area contributed by atoms with Crippen LogP contribution < -0.4 is 16.0 Å². The molecule has 0 fully saturated rings. The molecule has 0 spiro atoms. The largest absolute Gasteiger partial charge is 0.480 e. The molecule has 3 aromatic rings. The van der Waals surface area contributed by atoms with E-state index < -0.39 is 23.9 Å². The van der Waals surface area contributed by atoms with Gasteiger partial charge in [-0.3, -0.25) is 9.59 Å². The van der Waals surface area contributed by atoms with Crippen LogP contribution in [0.1, 0.15) is 55.4 Å². The van der Waals surface area contributed by atoms with Gasteiger partial charge in [0.2, 0.25) is 0 Å². The van der Waals surface area contributed by atoms with E-state index in [-0.39, 0.29) is 39.7 Å². The van der Waals surface area contributed by atoms with Crippen LogP contribution in [0, 0.1) is 0 Å². The molecule has 218 valence electrons. The van der Waals surface area contributed by atoms with Crippen molar-refractivity contribution >= 4 is 58.6 Å². The SMILES string of the molecule is O=C(NC[C@H](NC(=O)c1c(Cl)cc2c(c1Cl)CCN(Cc1cccc(Cl)c1)C2=O)C(=O)O)N[C@@H]1CCc2ccccc21. The number of amides is 4. The maximum Gasteiger partial charge on any atom is 0.328 e. The van der Waals surface area contributed by atoms with Crippen molar-refractivity contribution in [1.29, 1.82) is 0 Å². The van der Waals surface area contributed by atoms with Crippen molar-refractivity contribution in [1.82, 2.24) is 20.9 Å². The smallest absolute Gasteiger partial charge is 0.328 e. The highest BCUT2D eigenvalue weighted by atomic mass is 35.5. The number of carbonyl (C=O) groups excluding carboxylic acids is 3. The van der Waals surface area contributed by atoms with Crippen LogP contribution in [0.25, 0.3) is 0 Å². The predicted molar refractivity (Wildman–Crippen MR) is 159 cm³/mol. The molecule has 4 N–H and O–H groups in total. The summed E-state index contributed by atoms with van der Waals surface area (Å²) in [6.07, 6.45) is 1.94. The predicted octanol–water partition coefficient (Wildman–Crippen LogP) is 5.02. The lowest BCUT2D eigenvalue weighted by Crippen LogP contribution is -2.50. The molecule has 2 aliphatic rings. The van der Waals surface area contributed by atoms with Gasteiger partial charge < -0.3 is 26.0 Å². The standard InChI is InChI=1S/C30H27Cl3N4O5/c31-18-6-3-4-16(12-18)15-37-11-10-20-21(28(37)39)13-22(32)25(26(20)33)27(38)35-24(29(40)41)14-34-30(42)36-23-9-8-17-5-1-2-7-19(17)23/h1-7,12-13,23-24H,8-11,14-15H2,(H,35,38)(H,40,41)(H2,34,36,42)/t23-,24+/m1/s1. The van der Waals surface area contributed by atoms with Crippen LogP contribution in [0.2, 0.25) is 15.1 Å². The minimum Gasteiger partial charge on any atom is -0.480 e. The number of benzene rings is 3. The third kappa shape index (κ3) is 6.33. The Labute approximate surface area is 257 Å². The fourth-order valence-electron chi connectivity index (χ4n) is 5.37. The van der Waals surface area contributed by atoms with Gasteiger partial charge in [0.15, 0.2) is 0 Å². The number of carbonyl (C=O) groups is 4. The first-order chi connectivity index (χ1) is 20.1. The van der Waals surface area contributed by atoms with Gasteiger partial charge in [-0.1, -0.05) is 71.2 Å². The van der Waals surface area contributed by atoms with Crippen LogP contribution in [0.3, 0.4) is 0 Å². The molecule has 12 heteroatoms. The average molecular weight is 630 g/mol. The summed E-state index contributed by atoms with van der Waals surface area (Å²) in [4.78, 5) is 52.5. The van der Waals surface area contributed by atoms with Crippen molar-refractivity contribution in [2.24, 2.45) is 0 Å². The highest BCUT2D eigenvalue weighted by Gasteiger charge is 2.32. The van der Waals surface area contributed by atoms with Gasteiger partial charge in [-0.25, -0.2) is 9.59 Å². The van der Waals surface area contributed by atoms with Gasteiger partial charge in [-0.2, -0.15) is 0 Å². The normalized spacial score (nSPS) is 16.3. The van der Waals surface area contributed by atoms with E-state index in [9.17, 15) is 24.3 Å². The third-order valence-electron chi connectivity index (χ3n) is 7.47. The molecule has 1 aliphatic heterocycles. The van der Waals surface area contributed by atoms with Crippen molar-refractivity contribution in [2.45, 2.75) is 37.9 Å². The van der Waals surface area contributed by atoms with Crippen LogP contribution in [0.15, 0.2) is 54.6 Å². The summed E-state index contributed by atoms with van der Waals surface area (Å²) in [5.74, 6) is -2.48. The van der Waals surface area contributed by atoms with Crippen LogP contribution in [-0.4, -0.2) is 53.0 Å². The number of fused-ring (bicyclic) bond motifs is 2. The maximum atomic E-state index is 13.3. The summed E-state index contributed by atoms with van der Waals surface area (Å²) >= 11 is 19.1. The minimum atomic E-state index is -1.46. The fourth-order valence-corrected chi connectivity index (χ4v) is 6.30. The van der Waals surface area contributed by atoms with E-state index in [4.69, 9.17) is 34.8 Å². The molecular weight excluding hydrogens is 603 g/mol. The molecule has 5 rings (SSSR count). The Bertz CT molecular complexity index is 1580. The van der Waals surface area contributed by atoms with Crippen molar-refractivity contribution in [3.05, 3.63) is 103 Å². The number of hydrogen-bond acceptors (Lipinski definition) is 4. The molecule has 1 aliphatic carbocycles. The molecular formula is C30H27Cl3N4O5. The summed E-state index contributed by atoms with van der Waals surface area (Å²) in [7, 11) is 0. The molecule has 9 nitrogen and oxygen atoms in total. The molecule has 1 heterocycles. The second kappa shape index (κ2) is 12.6. The van der Waals surface area contributed by atoms with Crippen molar-refractivity contribution in [3.63, 3.8) is 0 Å². The second-order valence-corrected chi connectivity index (χ2v) is 11.4. The van der Waals surface area contributed by atoms with Gasteiger partial charge in [0.25, 0.3) is 11.8 Å². The van der Waals surface area contributed by atoms with E-state index in [1.54, 1.807) is 23.1 Å². The summed E-state index contributed by atoms with van der Waals surface area (Å²) in [6, 6.07) is 14.2. The number of nitrogens with one attached hydrogen (secondary N) is 3. The number of rotatable bonds is 8. The number of aliphatic carboxylic acids is 1. The third-order valence-corrected chi connectivity index (χ3v) is 8.42. The molecule has 0 bridgehead atoms. The monoisotopic (exact) mass is 628 g/mol. The van der Waals surface area contributed by atoms with Gasteiger partial charge in [-0.05, 0) is 59.7 Å². The van der Waals surface area contributed by atoms with Gasteiger partial charge in [0.05, 0.1) is 28.2 Å². The molecule has 42 heavy (non-hydrogen) atoms. The molecule has 0 aromatic heterocycles. The van der Waals surface area contributed by atoms with Crippen molar-refractivity contribution in [2.75, 3.05) is 13.1 Å². The molecule has 4 amide bonds. The maximum absolute atomic E-state index is 13.3. The molecule has 0 unspecified atom stereocenters. The van der Waals surface area contributed by atoms with Crippen molar-refractivity contribution in [3.8, 4) is 0 Å². The molecule has 0 radical (unpaired) electrons. The Morgan fingerprint density at radius 1 is 1.02 bits per heavy atom. The highest BCUT2D eigenvalue weighted by Crippen LogP contribution is 2.35. The first kappa shape index (κ1) is 29.7. The first-order valence-electron chi connectivity index (χ1n) is 13.3. The zero-order valence-corrected chi connectivity index (χ0v) is 24.5. The summed E-state index contributed by atoms with van der Waals surface area (Å²) < 4.78 is 0. The summed E-state index contributed by atoms with van der Waals surface area (Å²) in [5, 5.41) is 17.9. The Hall–Kier alpha value is -3.79. The first-order valence-corrected chi connectivity index (χ1v) is 14.5. The summed E-state index contributed by atoms with van der Waals surface area (Å²) in [5.41, 5.74) is 3.65. The molecule has 0 saturated carbocycles. The van der Waals surface area contributed by atoms with Crippen LogP contribution in [0.5, 0.6) is 0 Å². The average Bonchev–Trinajstić information content (AvgIpc) is 3.35. The zero-order chi connectivity index (χ0) is 30.0. The number of aryl methyl sites for hydroxylation is 1. The number of hydrogen-bond donors (Lipinski definition) is 4. The lowest BCUT2D eigenvalue weighted by molar-refractivity contribution is -0.139. The van der Waals surface area contributed by atoms with Crippen molar-refractivity contribution < 1.29 is 24.3 Å². The Morgan fingerprint density at radius 2 is 1.81 bits per heavy atom. The lowest BCUT2D eigenvalue weighted by Gasteiger charge is -2.30. The Balaban J connectivity index is 1.24. The molecule has 2 atom stereocenters. The number of urea groups is 1. The molecule has 3 aromatic carbocycles. The van der Waals surface area contributed by atoms with Crippen LogP contribution >= 0.6 is 34.8 Å². The Kier molecular flexibility index (Phi) is 8.91. The topological polar surface area (TPSA) is 128 Å². The van der Waals surface area contributed by atoms with E-state index in [1.165, 1.54) is 6.07 Å². The fraction of sp³-hybridized carbons (Fsp3) is 0.267. The van der Waals surface area contributed by atoms with Crippen LogP contribution in [-0.2, 0) is 24.2 Å². The van der Waals surface area contributed by atoms with Gasteiger partial charge >= 0.3 is 12.0 Å². The zero-order valence-electron chi connectivity index (χ0n) is 22.3. The Morgan fingerprint density at radius 3 is 2.57 bits per heavy atom. The number of carboxylic acids is 1. The lowest BCUT2D eigenvalue weighted by atomic mass is 9.95. The van der Waals surface area contributed by atoms with E-state index in [2.05, 4.69) is 16.0 Å². The number of nitrogens with zero attached hydrogens (tertiary/aromatic N) is 1. The van der Waals surface area contributed by atoms with E-state index in [0.29, 0.717) is 30.1 Å². The highest BCUT2D eigenvalue weighted by molar-refractivity contribution is 6.41.